The molecular formula is C15H22N5O+. The summed E-state index contributed by atoms with van der Waals surface area (Å²) in [5, 5.41) is 12.2. The van der Waals surface area contributed by atoms with Gasteiger partial charge in [-0.25, -0.2) is 0 Å². The van der Waals surface area contributed by atoms with Gasteiger partial charge in [-0.3, -0.25) is 0 Å². The Morgan fingerprint density at radius 3 is 2.62 bits per heavy atom. The highest BCUT2D eigenvalue weighted by molar-refractivity contribution is 5.36. The van der Waals surface area contributed by atoms with Crippen LogP contribution < -0.4 is 9.64 Å². The van der Waals surface area contributed by atoms with Crippen molar-refractivity contribution in [2.75, 3.05) is 19.7 Å². The fraction of sp³-hybridized carbons (Fsp3) is 0.533. The van der Waals surface area contributed by atoms with Crippen LogP contribution in [0.2, 0.25) is 0 Å². The van der Waals surface area contributed by atoms with Crippen molar-refractivity contribution in [2.24, 2.45) is 0 Å². The molecule has 0 atom stereocenters. The molecule has 6 nitrogen and oxygen atoms in total. The molecule has 1 aliphatic rings. The van der Waals surface area contributed by atoms with E-state index >= 15 is 0 Å². The van der Waals surface area contributed by atoms with E-state index in [0.717, 1.165) is 23.8 Å². The number of hydrogen-bond donors (Lipinski definition) is 1. The Bertz CT molecular complexity index is 560. The Hall–Kier alpha value is -1.95. The van der Waals surface area contributed by atoms with Crippen LogP contribution >= 0.6 is 0 Å². The van der Waals surface area contributed by atoms with Gasteiger partial charge in [0.15, 0.2) is 0 Å². The summed E-state index contributed by atoms with van der Waals surface area (Å²) >= 11 is 0. The van der Waals surface area contributed by atoms with Gasteiger partial charge >= 0.3 is 0 Å². The quantitative estimate of drug-likeness (QED) is 0.877. The number of nitrogens with zero attached hydrogens (tertiary/aromatic N) is 4. The topological polar surface area (TPSA) is 57.3 Å². The number of tetrazole rings is 1. The first kappa shape index (κ1) is 14.0. The van der Waals surface area contributed by atoms with E-state index in [-0.39, 0.29) is 0 Å². The van der Waals surface area contributed by atoms with E-state index < -0.39 is 0 Å². The largest absolute Gasteiger partial charge is 0.494 e. The smallest absolute Gasteiger partial charge is 0.210 e. The van der Waals surface area contributed by atoms with Gasteiger partial charge < -0.3 is 9.64 Å². The summed E-state index contributed by atoms with van der Waals surface area (Å²) in [6, 6.07) is 7.91. The van der Waals surface area contributed by atoms with Crippen molar-refractivity contribution in [1.82, 2.24) is 20.2 Å². The van der Waals surface area contributed by atoms with Gasteiger partial charge in [0.2, 0.25) is 5.82 Å². The van der Waals surface area contributed by atoms with Gasteiger partial charge in [0.25, 0.3) is 0 Å². The Morgan fingerprint density at radius 2 is 1.90 bits per heavy atom. The Balaban J connectivity index is 1.74. The minimum absolute atomic E-state index is 0.674. The molecule has 1 aromatic heterocycles. The average Bonchev–Trinajstić information content (AvgIpc) is 2.98. The number of nitrogens with one attached hydrogen (secondary N) is 1. The second-order valence-corrected chi connectivity index (χ2v) is 5.42. The maximum absolute atomic E-state index is 5.46. The minimum atomic E-state index is 0.674. The molecule has 0 unspecified atom stereocenters. The van der Waals surface area contributed by atoms with Gasteiger partial charge in [-0.05, 0) is 60.9 Å². The molecule has 1 aromatic carbocycles. The van der Waals surface area contributed by atoms with Crippen LogP contribution in [0.15, 0.2) is 24.3 Å². The molecule has 1 fully saturated rings. The molecular weight excluding hydrogens is 266 g/mol. The summed E-state index contributed by atoms with van der Waals surface area (Å²) < 4.78 is 7.30. The molecule has 0 bridgehead atoms. The third-order valence-corrected chi connectivity index (χ3v) is 3.90. The van der Waals surface area contributed by atoms with Gasteiger partial charge in [-0.2, -0.15) is 4.68 Å². The zero-order valence-electron chi connectivity index (χ0n) is 12.5. The summed E-state index contributed by atoms with van der Waals surface area (Å²) in [6.07, 6.45) is 3.97. The normalized spacial score (nSPS) is 16.0. The second kappa shape index (κ2) is 6.67. The first-order valence-electron chi connectivity index (χ1n) is 7.71. The van der Waals surface area contributed by atoms with Crippen molar-refractivity contribution in [2.45, 2.75) is 32.7 Å². The van der Waals surface area contributed by atoms with Gasteiger partial charge in [-0.1, -0.05) is 0 Å². The molecule has 0 amide bonds. The first-order valence-corrected chi connectivity index (χ1v) is 7.71. The molecule has 21 heavy (non-hydrogen) atoms. The number of hydrogen-bond acceptors (Lipinski definition) is 4. The molecule has 1 N–H and O–H groups in total. The predicted octanol–water partition coefficient (Wildman–Crippen LogP) is 0.630. The molecule has 2 heterocycles. The van der Waals surface area contributed by atoms with Crippen LogP contribution in [0, 0.1) is 0 Å². The summed E-state index contributed by atoms with van der Waals surface area (Å²) in [7, 11) is 0. The van der Waals surface area contributed by atoms with E-state index in [1.54, 1.807) is 4.90 Å². The average molecular weight is 288 g/mol. The highest BCUT2D eigenvalue weighted by atomic mass is 16.5. The summed E-state index contributed by atoms with van der Waals surface area (Å²) in [4.78, 5) is 1.57. The summed E-state index contributed by atoms with van der Waals surface area (Å²) in [5.41, 5.74) is 0.981. The van der Waals surface area contributed by atoms with Crippen LogP contribution in [-0.4, -0.2) is 39.9 Å². The number of aromatic nitrogens is 4. The Morgan fingerprint density at radius 1 is 1.14 bits per heavy atom. The Kier molecular flexibility index (Phi) is 4.45. The number of quaternary nitrogens is 1. The molecule has 6 heteroatoms. The summed E-state index contributed by atoms with van der Waals surface area (Å²) in [6.45, 7) is 5.98. The number of rotatable bonds is 5. The fourth-order valence-corrected chi connectivity index (χ4v) is 2.82. The lowest BCUT2D eigenvalue weighted by Crippen LogP contribution is -3.11. The minimum Gasteiger partial charge on any atom is -0.494 e. The van der Waals surface area contributed by atoms with Crippen molar-refractivity contribution in [3.8, 4) is 11.4 Å². The van der Waals surface area contributed by atoms with Crippen LogP contribution in [0.3, 0.4) is 0 Å². The van der Waals surface area contributed by atoms with E-state index in [0.29, 0.717) is 6.61 Å². The number of ether oxygens (including phenoxy) is 1. The number of piperidine rings is 1. The van der Waals surface area contributed by atoms with E-state index in [4.69, 9.17) is 4.74 Å². The van der Waals surface area contributed by atoms with Crippen LogP contribution in [0.25, 0.3) is 5.69 Å². The highest BCUT2D eigenvalue weighted by Crippen LogP contribution is 2.15. The predicted molar refractivity (Wildman–Crippen MR) is 78.6 cm³/mol. The van der Waals surface area contributed by atoms with Crippen molar-refractivity contribution >= 4 is 0 Å². The third-order valence-electron chi connectivity index (χ3n) is 3.90. The third kappa shape index (κ3) is 3.39. The lowest BCUT2D eigenvalue weighted by atomic mass is 10.1. The van der Waals surface area contributed by atoms with Crippen molar-refractivity contribution in [1.29, 1.82) is 0 Å². The van der Waals surface area contributed by atoms with Gasteiger partial charge in [-0.15, -0.1) is 5.10 Å². The molecule has 0 radical (unpaired) electrons. The number of benzene rings is 1. The molecule has 1 aliphatic heterocycles. The molecule has 0 aliphatic carbocycles. The van der Waals surface area contributed by atoms with Crippen LogP contribution in [0.5, 0.6) is 5.75 Å². The molecule has 0 saturated carbocycles. The van der Waals surface area contributed by atoms with Crippen LogP contribution in [0.4, 0.5) is 0 Å². The van der Waals surface area contributed by atoms with Crippen molar-refractivity contribution < 1.29 is 9.64 Å². The summed E-state index contributed by atoms with van der Waals surface area (Å²) in [5.74, 6) is 1.80. The van der Waals surface area contributed by atoms with Gasteiger partial charge in [0.05, 0.1) is 25.4 Å². The number of likely N-dealkylation sites (tertiary alicyclic amines) is 1. The van der Waals surface area contributed by atoms with E-state index in [9.17, 15) is 0 Å². The monoisotopic (exact) mass is 288 g/mol. The maximum atomic E-state index is 5.46. The van der Waals surface area contributed by atoms with Crippen molar-refractivity contribution in [3.05, 3.63) is 30.1 Å². The van der Waals surface area contributed by atoms with Crippen LogP contribution in [-0.2, 0) is 6.54 Å². The highest BCUT2D eigenvalue weighted by Gasteiger charge is 2.18. The SMILES string of the molecule is CCOc1ccc(-n2nnnc2C[NH+]2CCCCC2)cc1. The Labute approximate surface area is 124 Å². The fourth-order valence-electron chi connectivity index (χ4n) is 2.82. The lowest BCUT2D eigenvalue weighted by Gasteiger charge is -2.22. The van der Waals surface area contributed by atoms with E-state index in [1.807, 2.05) is 35.9 Å². The van der Waals surface area contributed by atoms with Gasteiger partial charge in [0.1, 0.15) is 12.3 Å². The maximum Gasteiger partial charge on any atom is 0.210 e. The van der Waals surface area contributed by atoms with Crippen molar-refractivity contribution in [3.63, 3.8) is 0 Å². The van der Waals surface area contributed by atoms with E-state index in [1.165, 1.54) is 32.4 Å². The first-order chi connectivity index (χ1) is 10.4. The molecule has 2 aromatic rings. The molecule has 0 spiro atoms. The molecule has 1 saturated heterocycles. The zero-order valence-corrected chi connectivity index (χ0v) is 12.5. The zero-order chi connectivity index (χ0) is 14.5. The lowest BCUT2D eigenvalue weighted by molar-refractivity contribution is -0.919. The molecule has 3 rings (SSSR count). The van der Waals surface area contributed by atoms with E-state index in [2.05, 4.69) is 15.5 Å². The standard InChI is InChI=1S/C15H21N5O/c1-2-21-14-8-6-13(7-9-14)20-15(16-17-18-20)12-19-10-4-3-5-11-19/h6-9H,2-5,10-12H2,1H3/p+1. The molecule has 112 valence electrons. The van der Waals surface area contributed by atoms with Gasteiger partial charge in [0, 0.05) is 0 Å². The second-order valence-electron chi connectivity index (χ2n) is 5.42. The van der Waals surface area contributed by atoms with Crippen LogP contribution in [0.1, 0.15) is 32.0 Å².